The van der Waals surface area contributed by atoms with Crippen LogP contribution in [0, 0.1) is 13.8 Å². The molecular formula is C17H27BrIN5S. The monoisotopic (exact) mass is 539 g/mol. The molecule has 2 rings (SSSR count). The Labute approximate surface area is 179 Å². The second-order valence-electron chi connectivity index (χ2n) is 5.92. The van der Waals surface area contributed by atoms with E-state index in [1.54, 1.807) is 11.3 Å². The summed E-state index contributed by atoms with van der Waals surface area (Å²) in [7, 11) is 1.99. The summed E-state index contributed by atoms with van der Waals surface area (Å²) in [6, 6.07) is 4.44. The molecule has 0 saturated carbocycles. The maximum atomic E-state index is 4.69. The van der Waals surface area contributed by atoms with Crippen molar-refractivity contribution in [3.63, 3.8) is 0 Å². The number of hydrogen-bond donors (Lipinski definition) is 2. The van der Waals surface area contributed by atoms with Gasteiger partial charge in [-0.15, -0.1) is 35.3 Å². The number of hydrogen-bond acceptors (Lipinski definition) is 3. The van der Waals surface area contributed by atoms with Crippen LogP contribution in [0.1, 0.15) is 35.7 Å². The standard InChI is InChI=1S/C17H26BrN5S.HI/c1-6-19-17(20-10-14-7-8-16(18)24-14)21-11(2)9-15-12(3)22-23(5)13(15)4;/h7-8,11H,6,9-10H2,1-5H3,(H2,19,20,21);1H. The minimum Gasteiger partial charge on any atom is -0.357 e. The summed E-state index contributed by atoms with van der Waals surface area (Å²) in [5, 5.41) is 11.3. The zero-order valence-electron chi connectivity index (χ0n) is 15.4. The molecule has 2 heterocycles. The number of nitrogens with one attached hydrogen (secondary N) is 2. The molecule has 8 heteroatoms. The molecule has 0 saturated heterocycles. The highest BCUT2D eigenvalue weighted by atomic mass is 127. The maximum Gasteiger partial charge on any atom is 0.191 e. The predicted octanol–water partition coefficient (Wildman–Crippen LogP) is 4.17. The third-order valence-electron chi connectivity index (χ3n) is 3.92. The lowest BCUT2D eigenvalue weighted by atomic mass is 10.1. The minimum absolute atomic E-state index is 0. The molecule has 0 bridgehead atoms. The van der Waals surface area contributed by atoms with Crippen LogP contribution in [0.4, 0.5) is 0 Å². The maximum absolute atomic E-state index is 4.69. The Morgan fingerprint density at radius 1 is 1.40 bits per heavy atom. The zero-order chi connectivity index (χ0) is 17.7. The van der Waals surface area contributed by atoms with Crippen LogP contribution in [0.15, 0.2) is 20.9 Å². The summed E-state index contributed by atoms with van der Waals surface area (Å²) in [6.07, 6.45) is 0.931. The van der Waals surface area contributed by atoms with Crippen molar-refractivity contribution in [3.05, 3.63) is 37.7 Å². The fraction of sp³-hybridized carbons (Fsp3) is 0.529. The van der Waals surface area contributed by atoms with Gasteiger partial charge < -0.3 is 10.6 Å². The molecule has 140 valence electrons. The third-order valence-corrected chi connectivity index (χ3v) is 5.53. The fourth-order valence-corrected chi connectivity index (χ4v) is 4.02. The molecule has 2 aromatic heterocycles. The summed E-state index contributed by atoms with van der Waals surface area (Å²) in [6.45, 7) is 9.99. The summed E-state index contributed by atoms with van der Waals surface area (Å²) in [5.41, 5.74) is 3.65. The lowest BCUT2D eigenvalue weighted by Gasteiger charge is -2.18. The number of aryl methyl sites for hydroxylation is 2. The molecule has 2 aromatic rings. The average Bonchev–Trinajstić information content (AvgIpc) is 3.04. The van der Waals surface area contributed by atoms with Gasteiger partial charge in [-0.2, -0.15) is 5.10 Å². The molecule has 1 unspecified atom stereocenters. The van der Waals surface area contributed by atoms with Crippen LogP contribution in [0.5, 0.6) is 0 Å². The van der Waals surface area contributed by atoms with E-state index in [9.17, 15) is 0 Å². The molecular weight excluding hydrogens is 513 g/mol. The van der Waals surface area contributed by atoms with E-state index in [2.05, 4.69) is 71.5 Å². The molecule has 0 radical (unpaired) electrons. The molecule has 0 aliphatic rings. The van der Waals surface area contributed by atoms with Crippen LogP contribution in [0.2, 0.25) is 0 Å². The average molecular weight is 540 g/mol. The van der Waals surface area contributed by atoms with Gasteiger partial charge in [0.15, 0.2) is 5.96 Å². The van der Waals surface area contributed by atoms with E-state index >= 15 is 0 Å². The summed E-state index contributed by atoms with van der Waals surface area (Å²) >= 11 is 5.21. The van der Waals surface area contributed by atoms with Crippen LogP contribution in [-0.4, -0.2) is 28.3 Å². The third kappa shape index (κ3) is 6.56. The van der Waals surface area contributed by atoms with Gasteiger partial charge in [-0.05, 0) is 67.7 Å². The van der Waals surface area contributed by atoms with E-state index in [1.807, 2.05) is 11.7 Å². The Balaban J connectivity index is 0.00000312. The highest BCUT2D eigenvalue weighted by Crippen LogP contribution is 2.22. The number of rotatable bonds is 6. The van der Waals surface area contributed by atoms with Crippen molar-refractivity contribution < 1.29 is 0 Å². The first kappa shape index (κ1) is 22.4. The quantitative estimate of drug-likeness (QED) is 0.329. The van der Waals surface area contributed by atoms with E-state index in [0.29, 0.717) is 6.54 Å². The summed E-state index contributed by atoms with van der Waals surface area (Å²) < 4.78 is 3.09. The second-order valence-corrected chi connectivity index (χ2v) is 8.47. The van der Waals surface area contributed by atoms with Crippen LogP contribution >= 0.6 is 51.2 Å². The van der Waals surface area contributed by atoms with Crippen molar-refractivity contribution >= 4 is 57.2 Å². The van der Waals surface area contributed by atoms with Gasteiger partial charge in [0.25, 0.3) is 0 Å². The van der Waals surface area contributed by atoms with Crippen LogP contribution in [-0.2, 0) is 20.0 Å². The van der Waals surface area contributed by atoms with Gasteiger partial charge in [0, 0.05) is 30.2 Å². The molecule has 1 atom stereocenters. The Hall–Kier alpha value is -0.610. The molecule has 0 fully saturated rings. The van der Waals surface area contributed by atoms with E-state index in [1.165, 1.54) is 16.1 Å². The van der Waals surface area contributed by atoms with E-state index in [4.69, 9.17) is 4.99 Å². The van der Waals surface area contributed by atoms with E-state index < -0.39 is 0 Å². The van der Waals surface area contributed by atoms with Crippen molar-refractivity contribution in [2.45, 2.75) is 46.7 Å². The molecule has 2 N–H and O–H groups in total. The molecule has 0 aliphatic carbocycles. The SMILES string of the molecule is CCNC(=NCc1ccc(Br)s1)NC(C)Cc1c(C)nn(C)c1C.I. The lowest BCUT2D eigenvalue weighted by molar-refractivity contribution is 0.636. The van der Waals surface area contributed by atoms with Crippen molar-refractivity contribution in [2.24, 2.45) is 12.0 Å². The van der Waals surface area contributed by atoms with Crippen LogP contribution in [0.3, 0.4) is 0 Å². The lowest BCUT2D eigenvalue weighted by Crippen LogP contribution is -2.43. The van der Waals surface area contributed by atoms with Gasteiger partial charge in [0.2, 0.25) is 0 Å². The van der Waals surface area contributed by atoms with Crippen molar-refractivity contribution in [1.29, 1.82) is 0 Å². The molecule has 0 aromatic carbocycles. The molecule has 0 spiro atoms. The van der Waals surface area contributed by atoms with Crippen molar-refractivity contribution in [1.82, 2.24) is 20.4 Å². The topological polar surface area (TPSA) is 54.2 Å². The van der Waals surface area contributed by atoms with E-state index in [0.717, 1.165) is 28.4 Å². The normalized spacial score (nSPS) is 12.6. The first-order chi connectivity index (χ1) is 11.4. The number of guanidine groups is 1. The van der Waals surface area contributed by atoms with Crippen LogP contribution < -0.4 is 10.6 Å². The van der Waals surface area contributed by atoms with Gasteiger partial charge in [-0.1, -0.05) is 0 Å². The molecule has 5 nitrogen and oxygen atoms in total. The Morgan fingerprint density at radius 2 is 2.12 bits per heavy atom. The fourth-order valence-electron chi connectivity index (χ4n) is 2.62. The molecule has 25 heavy (non-hydrogen) atoms. The number of nitrogens with zero attached hydrogens (tertiary/aromatic N) is 3. The van der Waals surface area contributed by atoms with Crippen LogP contribution in [0.25, 0.3) is 0 Å². The van der Waals surface area contributed by atoms with Crippen molar-refractivity contribution in [3.8, 4) is 0 Å². The largest absolute Gasteiger partial charge is 0.357 e. The van der Waals surface area contributed by atoms with Gasteiger partial charge in [-0.3, -0.25) is 4.68 Å². The minimum atomic E-state index is 0. The number of aliphatic imine (C=N–C) groups is 1. The predicted molar refractivity (Wildman–Crippen MR) is 121 cm³/mol. The number of aromatic nitrogens is 2. The molecule has 0 aliphatic heterocycles. The number of halogens is 2. The van der Waals surface area contributed by atoms with E-state index in [-0.39, 0.29) is 30.0 Å². The number of thiophene rings is 1. The highest BCUT2D eigenvalue weighted by Gasteiger charge is 2.14. The molecule has 0 amide bonds. The smallest absolute Gasteiger partial charge is 0.191 e. The first-order valence-electron chi connectivity index (χ1n) is 8.18. The second kappa shape index (κ2) is 10.5. The Kier molecular flexibility index (Phi) is 9.44. The van der Waals surface area contributed by atoms with Gasteiger partial charge in [-0.25, -0.2) is 4.99 Å². The Morgan fingerprint density at radius 3 is 2.64 bits per heavy atom. The van der Waals surface area contributed by atoms with Crippen molar-refractivity contribution in [2.75, 3.05) is 6.54 Å². The summed E-state index contributed by atoms with van der Waals surface area (Å²) in [4.78, 5) is 5.93. The van der Waals surface area contributed by atoms with Gasteiger partial charge >= 0.3 is 0 Å². The first-order valence-corrected chi connectivity index (χ1v) is 9.79. The van der Waals surface area contributed by atoms with Gasteiger partial charge in [0.05, 0.1) is 16.0 Å². The van der Waals surface area contributed by atoms with Gasteiger partial charge in [0.1, 0.15) is 0 Å². The Bertz CT molecular complexity index is 710. The summed E-state index contributed by atoms with van der Waals surface area (Å²) in [5.74, 6) is 0.855. The highest BCUT2D eigenvalue weighted by molar-refractivity contribution is 14.0. The zero-order valence-corrected chi connectivity index (χ0v) is 20.1.